The van der Waals surface area contributed by atoms with Crippen molar-refractivity contribution < 1.29 is 37.5 Å². The van der Waals surface area contributed by atoms with Gasteiger partial charge in [0.2, 0.25) is 6.03 Å². The Bertz CT molecular complexity index is 529. The predicted molar refractivity (Wildman–Crippen MR) is 71.0 cm³/mol. The number of carbonyl (C=O) groups is 1. The van der Waals surface area contributed by atoms with Crippen LogP contribution in [0, 0.1) is 6.07 Å². The Hall–Kier alpha value is -1.52. The zero-order chi connectivity index (χ0) is 12.6. The number of benzene rings is 2. The molecule has 19 heavy (non-hydrogen) atoms. The normalized spacial score (nSPS) is 9.68. The van der Waals surface area contributed by atoms with Gasteiger partial charge in [0.05, 0.1) is 0 Å². The first-order chi connectivity index (χ1) is 8.84. The molecule has 5 heteroatoms. The smallest absolute Gasteiger partial charge is 0.220 e. The fourth-order valence-electron chi connectivity index (χ4n) is 1.28. The molecule has 0 heterocycles. The monoisotopic (exact) mass is 326 g/mol. The minimum atomic E-state index is -0.388. The van der Waals surface area contributed by atoms with Crippen molar-refractivity contribution >= 4 is 23.7 Å². The number of para-hydroxylation sites is 2. The molecule has 93 valence electrons. The summed E-state index contributed by atoms with van der Waals surface area (Å²) in [5, 5.41) is 5.04. The maximum absolute atomic E-state index is 11.4. The summed E-state index contributed by atoms with van der Waals surface area (Å²) in [5.41, 5.74) is 1.32. The number of urea groups is 1. The molecule has 2 rings (SSSR count). The standard InChI is InChI=1S/C14H11N3O.Y/c18-14(17-13-9-5-2-6-10-13)16-11-15-12-7-3-1-4-8-12;/h1-7,9-10H,(H2,15,16,17,18);/q-2;. The fraction of sp³-hybridized carbons (Fsp3) is 0. The maximum Gasteiger partial charge on any atom is 0.220 e. The maximum atomic E-state index is 11.4. The number of hydrogen-bond donors (Lipinski definition) is 2. The Morgan fingerprint density at radius 2 is 1.84 bits per heavy atom. The van der Waals surface area contributed by atoms with Crippen molar-refractivity contribution in [2.24, 2.45) is 4.99 Å². The molecule has 0 saturated carbocycles. The molecule has 0 spiro atoms. The molecular formula is C14H11N3OY-2. The average molecular weight is 326 g/mol. The second-order valence-corrected chi connectivity index (χ2v) is 3.42. The average Bonchev–Trinajstić information content (AvgIpc) is 2.41. The van der Waals surface area contributed by atoms with Crippen molar-refractivity contribution in [1.82, 2.24) is 5.32 Å². The van der Waals surface area contributed by atoms with E-state index >= 15 is 0 Å². The molecule has 4 nitrogen and oxygen atoms in total. The molecule has 0 aliphatic rings. The molecule has 0 aliphatic carbocycles. The van der Waals surface area contributed by atoms with Crippen molar-refractivity contribution in [1.29, 1.82) is 0 Å². The summed E-state index contributed by atoms with van der Waals surface area (Å²) in [7, 11) is 0. The Labute approximate surface area is 137 Å². The predicted octanol–water partition coefficient (Wildman–Crippen LogP) is 2.84. The van der Waals surface area contributed by atoms with Gasteiger partial charge in [0, 0.05) is 44.7 Å². The number of hydrogen-bond acceptors (Lipinski definition) is 2. The van der Waals surface area contributed by atoms with Crippen molar-refractivity contribution in [3.63, 3.8) is 0 Å². The van der Waals surface area contributed by atoms with Crippen molar-refractivity contribution in [2.45, 2.75) is 0 Å². The van der Waals surface area contributed by atoms with Gasteiger partial charge < -0.3 is 20.4 Å². The van der Waals surface area contributed by atoms with Crippen LogP contribution in [0.2, 0.25) is 0 Å². The van der Waals surface area contributed by atoms with Crippen LogP contribution in [-0.4, -0.2) is 12.4 Å². The second-order valence-electron chi connectivity index (χ2n) is 3.42. The van der Waals surface area contributed by atoms with Gasteiger partial charge >= 0.3 is 0 Å². The molecule has 0 bridgehead atoms. The van der Waals surface area contributed by atoms with E-state index in [1.165, 1.54) is 0 Å². The minimum Gasteiger partial charge on any atom is -0.405 e. The van der Waals surface area contributed by atoms with Crippen LogP contribution < -0.4 is 10.6 Å². The molecule has 0 atom stereocenters. The van der Waals surface area contributed by atoms with E-state index in [9.17, 15) is 4.79 Å². The first-order valence-electron chi connectivity index (χ1n) is 5.39. The van der Waals surface area contributed by atoms with Gasteiger partial charge in [0.15, 0.2) is 0 Å². The minimum absolute atomic E-state index is 0. The molecule has 0 unspecified atom stereocenters. The zero-order valence-corrected chi connectivity index (χ0v) is 13.0. The number of amides is 2. The van der Waals surface area contributed by atoms with Gasteiger partial charge in [0.1, 0.15) is 0 Å². The quantitative estimate of drug-likeness (QED) is 0.387. The largest absolute Gasteiger partial charge is 0.405 e. The van der Waals surface area contributed by atoms with Crippen molar-refractivity contribution in [3.05, 3.63) is 60.7 Å². The molecule has 2 aromatic carbocycles. The van der Waals surface area contributed by atoms with Gasteiger partial charge in [-0.15, -0.1) is 0 Å². The Balaban J connectivity index is 0.00000180. The van der Waals surface area contributed by atoms with E-state index < -0.39 is 0 Å². The Morgan fingerprint density at radius 1 is 1.11 bits per heavy atom. The van der Waals surface area contributed by atoms with E-state index in [0.717, 1.165) is 0 Å². The summed E-state index contributed by atoms with van der Waals surface area (Å²) in [6.45, 7) is 0. The van der Waals surface area contributed by atoms with Gasteiger partial charge in [0.25, 0.3) is 0 Å². The van der Waals surface area contributed by atoms with Gasteiger partial charge in [-0.05, 0) is 12.1 Å². The third-order valence-corrected chi connectivity index (χ3v) is 2.07. The van der Waals surface area contributed by atoms with E-state index in [4.69, 9.17) is 0 Å². The van der Waals surface area contributed by atoms with Crippen LogP contribution in [0.3, 0.4) is 0 Å². The Morgan fingerprint density at radius 3 is 2.53 bits per heavy atom. The molecular weight excluding hydrogens is 315 g/mol. The number of anilines is 1. The Kier molecular flexibility index (Phi) is 7.00. The topological polar surface area (TPSA) is 53.5 Å². The summed E-state index contributed by atoms with van der Waals surface area (Å²) in [6.07, 6.45) is 2.45. The van der Waals surface area contributed by atoms with Crippen LogP contribution in [0.4, 0.5) is 16.2 Å². The summed E-state index contributed by atoms with van der Waals surface area (Å²) < 4.78 is 0. The second kappa shape index (κ2) is 8.56. The first kappa shape index (κ1) is 15.5. The molecule has 2 aromatic rings. The van der Waals surface area contributed by atoms with E-state index in [1.54, 1.807) is 24.3 Å². The first-order valence-corrected chi connectivity index (χ1v) is 5.39. The number of aliphatic imine (C=N–C) groups is 1. The number of carbonyl (C=O) groups excluding carboxylic acids is 1. The zero-order valence-electron chi connectivity index (χ0n) is 10.1. The van der Waals surface area contributed by atoms with Crippen molar-refractivity contribution in [2.75, 3.05) is 5.32 Å². The molecule has 0 fully saturated rings. The molecule has 0 saturated heterocycles. The van der Waals surface area contributed by atoms with Crippen LogP contribution in [-0.2, 0) is 32.7 Å². The van der Waals surface area contributed by atoms with Gasteiger partial charge in [-0.25, -0.2) is 12.1 Å². The third kappa shape index (κ3) is 5.77. The third-order valence-electron chi connectivity index (χ3n) is 2.07. The molecule has 1 radical (unpaired) electrons. The number of nitrogens with one attached hydrogen (secondary N) is 2. The molecule has 0 aromatic heterocycles. The van der Waals surface area contributed by atoms with E-state index in [1.807, 2.05) is 30.3 Å². The van der Waals surface area contributed by atoms with Crippen LogP contribution in [0.5, 0.6) is 0 Å². The number of nitrogens with zero attached hydrogens (tertiary/aromatic N) is 1. The molecule has 2 N–H and O–H groups in total. The van der Waals surface area contributed by atoms with E-state index in [0.29, 0.717) is 11.4 Å². The molecule has 0 aliphatic heterocycles. The summed E-state index contributed by atoms with van der Waals surface area (Å²) >= 11 is 0. The summed E-state index contributed by atoms with van der Waals surface area (Å²) in [6, 6.07) is 18.8. The van der Waals surface area contributed by atoms with Gasteiger partial charge in [-0.1, -0.05) is 18.2 Å². The van der Waals surface area contributed by atoms with Crippen LogP contribution in [0.1, 0.15) is 0 Å². The number of rotatable bonds is 3. The van der Waals surface area contributed by atoms with Crippen LogP contribution in [0.25, 0.3) is 0 Å². The van der Waals surface area contributed by atoms with E-state index in [-0.39, 0.29) is 38.7 Å². The summed E-state index contributed by atoms with van der Waals surface area (Å²) in [4.78, 5) is 15.4. The van der Waals surface area contributed by atoms with Crippen LogP contribution >= 0.6 is 0 Å². The van der Waals surface area contributed by atoms with Gasteiger partial charge in [-0.2, -0.15) is 23.9 Å². The molecule has 2 amide bonds. The van der Waals surface area contributed by atoms with Gasteiger partial charge in [-0.3, -0.25) is 0 Å². The SMILES string of the molecule is O=C(N[C-]=Nc1[c-]cccc1)Nc1ccccc1.[Y]. The van der Waals surface area contributed by atoms with Crippen LogP contribution in [0.15, 0.2) is 59.6 Å². The fourth-order valence-corrected chi connectivity index (χ4v) is 1.28. The summed E-state index contributed by atoms with van der Waals surface area (Å²) in [5.74, 6) is 0. The van der Waals surface area contributed by atoms with E-state index in [2.05, 4.69) is 28.0 Å². The van der Waals surface area contributed by atoms with Crippen molar-refractivity contribution in [3.8, 4) is 0 Å².